The van der Waals surface area contributed by atoms with Gasteiger partial charge in [-0.1, -0.05) is 6.07 Å². The van der Waals surface area contributed by atoms with Crippen molar-refractivity contribution in [1.82, 2.24) is 9.88 Å². The van der Waals surface area contributed by atoms with Gasteiger partial charge in [0, 0.05) is 29.5 Å². The van der Waals surface area contributed by atoms with E-state index in [0.717, 1.165) is 6.42 Å². The molecule has 4 nitrogen and oxygen atoms in total. The first-order valence-electron chi connectivity index (χ1n) is 8.19. The lowest BCUT2D eigenvalue weighted by molar-refractivity contribution is 0.0953. The molecular formula is C19H24N2O2. The zero-order valence-electron chi connectivity index (χ0n) is 14.1. The van der Waals surface area contributed by atoms with Gasteiger partial charge in [-0.2, -0.15) is 0 Å². The number of benzene rings is 1. The highest BCUT2D eigenvalue weighted by Gasteiger charge is 2.26. The van der Waals surface area contributed by atoms with Gasteiger partial charge >= 0.3 is 0 Å². The summed E-state index contributed by atoms with van der Waals surface area (Å²) in [6.45, 7) is 5.00. The molecule has 2 aromatic rings. The molecule has 1 heterocycles. The van der Waals surface area contributed by atoms with Crippen LogP contribution in [0.1, 0.15) is 46.2 Å². The zero-order chi connectivity index (χ0) is 16.4. The first kappa shape index (κ1) is 15.7. The molecule has 1 N–H and O–H groups in total. The van der Waals surface area contributed by atoms with Crippen molar-refractivity contribution in [2.24, 2.45) is 0 Å². The standard InChI is InChI=1S/C19H24N2O2/c1-13-11-15(14(2)21(13)17-7-8-17)9-10-20-19(22)16-5-4-6-18(12-16)23-3/h4-6,11-12,17H,7-10H2,1-3H3,(H,20,22). The summed E-state index contributed by atoms with van der Waals surface area (Å²) < 4.78 is 7.60. The predicted molar refractivity (Wildman–Crippen MR) is 91.2 cm³/mol. The fourth-order valence-electron chi connectivity index (χ4n) is 3.17. The Hall–Kier alpha value is -2.23. The van der Waals surface area contributed by atoms with Crippen molar-refractivity contribution in [1.29, 1.82) is 0 Å². The van der Waals surface area contributed by atoms with Gasteiger partial charge in [-0.25, -0.2) is 0 Å². The number of methoxy groups -OCH3 is 1. The van der Waals surface area contributed by atoms with Crippen LogP contribution in [0.15, 0.2) is 30.3 Å². The summed E-state index contributed by atoms with van der Waals surface area (Å²) in [4.78, 5) is 12.2. The van der Waals surface area contributed by atoms with Gasteiger partial charge in [0.1, 0.15) is 5.75 Å². The maximum Gasteiger partial charge on any atom is 0.251 e. The monoisotopic (exact) mass is 312 g/mol. The highest BCUT2D eigenvalue weighted by atomic mass is 16.5. The molecule has 0 atom stereocenters. The molecule has 122 valence electrons. The van der Waals surface area contributed by atoms with E-state index in [4.69, 9.17) is 4.74 Å². The van der Waals surface area contributed by atoms with E-state index in [9.17, 15) is 4.79 Å². The van der Waals surface area contributed by atoms with Crippen LogP contribution in [0.25, 0.3) is 0 Å². The molecular weight excluding hydrogens is 288 g/mol. The van der Waals surface area contributed by atoms with Crippen LogP contribution in [0, 0.1) is 13.8 Å². The third-order valence-corrected chi connectivity index (χ3v) is 4.51. The van der Waals surface area contributed by atoms with Crippen molar-refractivity contribution in [2.75, 3.05) is 13.7 Å². The lowest BCUT2D eigenvalue weighted by Crippen LogP contribution is -2.25. The molecule has 0 aliphatic heterocycles. The number of nitrogens with zero attached hydrogens (tertiary/aromatic N) is 1. The molecule has 1 aromatic heterocycles. The second-order valence-corrected chi connectivity index (χ2v) is 6.24. The molecule has 3 rings (SSSR count). The molecule has 1 aliphatic carbocycles. The Bertz CT molecular complexity index is 714. The molecule has 1 saturated carbocycles. The van der Waals surface area contributed by atoms with E-state index in [1.807, 2.05) is 12.1 Å². The van der Waals surface area contributed by atoms with E-state index in [1.54, 1.807) is 19.2 Å². The second-order valence-electron chi connectivity index (χ2n) is 6.24. The summed E-state index contributed by atoms with van der Waals surface area (Å²) in [5, 5.41) is 3.00. The van der Waals surface area contributed by atoms with Crippen molar-refractivity contribution in [3.63, 3.8) is 0 Å². The number of aromatic nitrogens is 1. The lowest BCUT2D eigenvalue weighted by Gasteiger charge is -2.09. The summed E-state index contributed by atoms with van der Waals surface area (Å²) in [5.41, 5.74) is 4.65. The highest BCUT2D eigenvalue weighted by molar-refractivity contribution is 5.94. The first-order valence-corrected chi connectivity index (χ1v) is 8.19. The number of nitrogens with one attached hydrogen (secondary N) is 1. The SMILES string of the molecule is COc1cccc(C(=O)NCCc2cc(C)n(C3CC3)c2C)c1. The predicted octanol–water partition coefficient (Wildman–Crippen LogP) is 3.42. The van der Waals surface area contributed by atoms with Crippen LogP contribution < -0.4 is 10.1 Å². The van der Waals surface area contributed by atoms with Gasteiger partial charge in [0.15, 0.2) is 0 Å². The van der Waals surface area contributed by atoms with Gasteiger partial charge in [-0.15, -0.1) is 0 Å². The van der Waals surface area contributed by atoms with Crippen LogP contribution in [0.2, 0.25) is 0 Å². The molecule has 1 aliphatic rings. The Morgan fingerprint density at radius 1 is 1.30 bits per heavy atom. The maximum absolute atomic E-state index is 12.2. The van der Waals surface area contributed by atoms with Crippen LogP contribution in [0.4, 0.5) is 0 Å². The van der Waals surface area contributed by atoms with Crippen molar-refractivity contribution in [3.8, 4) is 5.75 Å². The minimum Gasteiger partial charge on any atom is -0.497 e. The van der Waals surface area contributed by atoms with Gasteiger partial charge in [0.2, 0.25) is 0 Å². The summed E-state index contributed by atoms with van der Waals surface area (Å²) in [7, 11) is 1.60. The third kappa shape index (κ3) is 3.41. The van der Waals surface area contributed by atoms with Gasteiger partial charge in [-0.05, 0) is 62.9 Å². The van der Waals surface area contributed by atoms with Crippen LogP contribution in [0.3, 0.4) is 0 Å². The summed E-state index contributed by atoms with van der Waals surface area (Å²) in [5.74, 6) is 0.644. The Morgan fingerprint density at radius 2 is 2.09 bits per heavy atom. The van der Waals surface area contributed by atoms with E-state index >= 15 is 0 Å². The summed E-state index contributed by atoms with van der Waals surface area (Å²) in [6.07, 6.45) is 3.45. The normalized spacial score (nSPS) is 13.9. The van der Waals surface area contributed by atoms with Gasteiger partial charge in [-0.3, -0.25) is 4.79 Å². The number of amides is 1. The van der Waals surface area contributed by atoms with Crippen molar-refractivity contribution < 1.29 is 9.53 Å². The average Bonchev–Trinajstić information content (AvgIpc) is 3.34. The maximum atomic E-state index is 12.2. The Kier molecular flexibility index (Phi) is 4.42. The highest BCUT2D eigenvalue weighted by Crippen LogP contribution is 2.38. The molecule has 0 radical (unpaired) electrons. The van der Waals surface area contributed by atoms with E-state index in [1.165, 1.54) is 29.8 Å². The molecule has 1 aromatic carbocycles. The van der Waals surface area contributed by atoms with Gasteiger partial charge in [0.05, 0.1) is 7.11 Å². The topological polar surface area (TPSA) is 43.3 Å². The number of rotatable bonds is 6. The fourth-order valence-corrected chi connectivity index (χ4v) is 3.17. The Labute approximate surface area is 137 Å². The van der Waals surface area contributed by atoms with Crippen molar-refractivity contribution >= 4 is 5.91 Å². The minimum atomic E-state index is -0.0556. The molecule has 0 unspecified atom stereocenters. The molecule has 1 fully saturated rings. The van der Waals surface area contributed by atoms with Crippen molar-refractivity contribution in [2.45, 2.75) is 39.2 Å². The number of carbonyl (C=O) groups excluding carboxylic acids is 1. The van der Waals surface area contributed by atoms with Gasteiger partial charge in [0.25, 0.3) is 5.91 Å². The Balaban J connectivity index is 1.59. The number of aryl methyl sites for hydroxylation is 1. The largest absolute Gasteiger partial charge is 0.497 e. The fraction of sp³-hybridized carbons (Fsp3) is 0.421. The zero-order valence-corrected chi connectivity index (χ0v) is 14.1. The quantitative estimate of drug-likeness (QED) is 0.888. The van der Waals surface area contributed by atoms with E-state index in [0.29, 0.717) is 23.9 Å². The number of hydrogen-bond donors (Lipinski definition) is 1. The third-order valence-electron chi connectivity index (χ3n) is 4.51. The lowest BCUT2D eigenvalue weighted by atomic mass is 10.1. The van der Waals surface area contributed by atoms with Crippen LogP contribution in [-0.2, 0) is 6.42 Å². The van der Waals surface area contributed by atoms with E-state index in [2.05, 4.69) is 29.8 Å². The van der Waals surface area contributed by atoms with Crippen LogP contribution in [0.5, 0.6) is 5.75 Å². The van der Waals surface area contributed by atoms with Crippen molar-refractivity contribution in [3.05, 3.63) is 52.8 Å². The van der Waals surface area contributed by atoms with Crippen LogP contribution in [-0.4, -0.2) is 24.1 Å². The Morgan fingerprint density at radius 3 is 2.78 bits per heavy atom. The second kappa shape index (κ2) is 6.49. The molecule has 1 amide bonds. The number of hydrogen-bond acceptors (Lipinski definition) is 2. The number of ether oxygens (including phenoxy) is 1. The van der Waals surface area contributed by atoms with E-state index < -0.39 is 0 Å². The molecule has 0 saturated heterocycles. The average molecular weight is 312 g/mol. The minimum absolute atomic E-state index is 0.0556. The number of carbonyl (C=O) groups is 1. The molecule has 0 bridgehead atoms. The molecule has 4 heteroatoms. The molecule has 0 spiro atoms. The summed E-state index contributed by atoms with van der Waals surface area (Å²) in [6, 6.07) is 10.2. The molecule has 23 heavy (non-hydrogen) atoms. The summed E-state index contributed by atoms with van der Waals surface area (Å²) >= 11 is 0. The first-order chi connectivity index (χ1) is 11.1. The smallest absolute Gasteiger partial charge is 0.251 e. The van der Waals surface area contributed by atoms with Crippen LogP contribution >= 0.6 is 0 Å². The van der Waals surface area contributed by atoms with Gasteiger partial charge < -0.3 is 14.6 Å². The van der Waals surface area contributed by atoms with E-state index in [-0.39, 0.29) is 5.91 Å².